The van der Waals surface area contributed by atoms with Crippen LogP contribution in [-0.4, -0.2) is 43.3 Å². The van der Waals surface area contributed by atoms with Crippen molar-refractivity contribution in [2.24, 2.45) is 5.92 Å². The zero-order valence-electron chi connectivity index (χ0n) is 15.2. The topological polar surface area (TPSA) is 87.2 Å². The summed E-state index contributed by atoms with van der Waals surface area (Å²) in [6, 6.07) is 11.9. The minimum Gasteiger partial charge on any atom is -0.356 e. The lowest BCUT2D eigenvalue weighted by molar-refractivity contribution is 0.409. The number of sulfonamides is 1. The summed E-state index contributed by atoms with van der Waals surface area (Å²) in [5.41, 5.74) is 0.980. The standard InChI is InChI=1S/C19H25N5O2S/c25-27(26,17-8-9-17)22-12-15-5-4-10-24(13-15)19-11-18(20-14-21-19)23-16-6-2-1-3-7-16/h1-3,6-7,11,14-15,17,22H,4-5,8-10,12-13H2,(H,20,21,23). The first kappa shape index (κ1) is 18.2. The molecule has 8 heteroatoms. The van der Waals surface area contributed by atoms with E-state index in [1.165, 1.54) is 0 Å². The monoisotopic (exact) mass is 387 g/mol. The third-order valence-electron chi connectivity index (χ3n) is 5.08. The maximum absolute atomic E-state index is 12.1. The van der Waals surface area contributed by atoms with Gasteiger partial charge in [-0.1, -0.05) is 18.2 Å². The normalized spacial score (nSPS) is 20.4. The van der Waals surface area contributed by atoms with Crippen molar-refractivity contribution in [2.75, 3.05) is 29.9 Å². The van der Waals surface area contributed by atoms with Crippen molar-refractivity contribution < 1.29 is 8.42 Å². The van der Waals surface area contributed by atoms with Crippen LogP contribution in [0.1, 0.15) is 25.7 Å². The number of benzene rings is 1. The molecule has 4 rings (SSSR count). The van der Waals surface area contributed by atoms with Crippen LogP contribution in [0.3, 0.4) is 0 Å². The van der Waals surface area contributed by atoms with Crippen LogP contribution >= 0.6 is 0 Å². The molecule has 2 N–H and O–H groups in total. The molecule has 1 aliphatic carbocycles. The number of piperidine rings is 1. The molecule has 1 aromatic carbocycles. The Bertz CT molecular complexity index is 871. The van der Waals surface area contributed by atoms with E-state index in [4.69, 9.17) is 0 Å². The summed E-state index contributed by atoms with van der Waals surface area (Å²) in [7, 11) is -3.11. The average Bonchev–Trinajstić information content (AvgIpc) is 3.54. The first-order valence-electron chi connectivity index (χ1n) is 9.48. The van der Waals surface area contributed by atoms with Crippen LogP contribution in [-0.2, 0) is 10.0 Å². The predicted octanol–water partition coefficient (Wildman–Crippen LogP) is 2.52. The molecule has 2 aromatic rings. The van der Waals surface area contributed by atoms with Gasteiger partial charge in [0.05, 0.1) is 5.25 Å². The molecule has 0 amide bonds. The van der Waals surface area contributed by atoms with Crippen LogP contribution < -0.4 is 14.9 Å². The Morgan fingerprint density at radius 3 is 2.70 bits per heavy atom. The molecule has 7 nitrogen and oxygen atoms in total. The largest absolute Gasteiger partial charge is 0.356 e. The number of hydrogen-bond donors (Lipinski definition) is 2. The van der Waals surface area contributed by atoms with Gasteiger partial charge in [0.15, 0.2) is 0 Å². The van der Waals surface area contributed by atoms with Gasteiger partial charge in [-0.3, -0.25) is 0 Å². The van der Waals surface area contributed by atoms with Crippen molar-refractivity contribution in [3.8, 4) is 0 Å². The molecule has 27 heavy (non-hydrogen) atoms. The van der Waals surface area contributed by atoms with E-state index < -0.39 is 10.0 Å². The van der Waals surface area contributed by atoms with E-state index in [0.29, 0.717) is 12.5 Å². The highest BCUT2D eigenvalue weighted by molar-refractivity contribution is 7.90. The van der Waals surface area contributed by atoms with Gasteiger partial charge in [-0.05, 0) is 43.7 Å². The number of aromatic nitrogens is 2. The fraction of sp³-hybridized carbons (Fsp3) is 0.474. The second-order valence-corrected chi connectivity index (χ2v) is 9.34. The SMILES string of the molecule is O=S(=O)(NCC1CCCN(c2cc(Nc3ccccc3)ncn2)C1)C1CC1. The molecule has 1 atom stereocenters. The van der Waals surface area contributed by atoms with Crippen molar-refractivity contribution in [3.05, 3.63) is 42.7 Å². The smallest absolute Gasteiger partial charge is 0.214 e. The van der Waals surface area contributed by atoms with Gasteiger partial charge >= 0.3 is 0 Å². The molecule has 1 aromatic heterocycles. The van der Waals surface area contributed by atoms with E-state index in [1.807, 2.05) is 36.4 Å². The number of nitrogens with one attached hydrogen (secondary N) is 2. The van der Waals surface area contributed by atoms with Crippen LogP contribution in [0.4, 0.5) is 17.3 Å². The Kier molecular flexibility index (Phi) is 5.27. The predicted molar refractivity (Wildman–Crippen MR) is 107 cm³/mol. The van der Waals surface area contributed by atoms with Crippen molar-refractivity contribution in [1.29, 1.82) is 0 Å². The Balaban J connectivity index is 1.38. The second kappa shape index (κ2) is 7.82. The zero-order valence-corrected chi connectivity index (χ0v) is 16.0. The molecule has 1 saturated carbocycles. The number of rotatable bonds is 7. The third-order valence-corrected chi connectivity index (χ3v) is 7.00. The van der Waals surface area contributed by atoms with Crippen molar-refractivity contribution in [1.82, 2.24) is 14.7 Å². The van der Waals surface area contributed by atoms with Gasteiger partial charge in [0.2, 0.25) is 10.0 Å². The summed E-state index contributed by atoms with van der Waals surface area (Å²) in [5, 5.41) is 3.13. The summed E-state index contributed by atoms with van der Waals surface area (Å²) < 4.78 is 26.9. The first-order valence-corrected chi connectivity index (χ1v) is 11.0. The number of hydrogen-bond acceptors (Lipinski definition) is 6. The third kappa shape index (κ3) is 4.75. The Morgan fingerprint density at radius 1 is 1.11 bits per heavy atom. The van der Waals surface area contributed by atoms with Gasteiger partial charge in [-0.15, -0.1) is 0 Å². The van der Waals surface area contributed by atoms with Gasteiger partial charge in [0.25, 0.3) is 0 Å². The summed E-state index contributed by atoms with van der Waals surface area (Å²) in [6.45, 7) is 2.23. The van der Waals surface area contributed by atoms with Crippen LogP contribution in [0, 0.1) is 5.92 Å². The average molecular weight is 388 g/mol. The Morgan fingerprint density at radius 2 is 1.93 bits per heavy atom. The van der Waals surface area contributed by atoms with Gasteiger partial charge < -0.3 is 10.2 Å². The molecule has 1 saturated heterocycles. The minimum absolute atomic E-state index is 0.161. The lowest BCUT2D eigenvalue weighted by Crippen LogP contribution is -2.42. The van der Waals surface area contributed by atoms with Crippen LogP contribution in [0.15, 0.2) is 42.7 Å². The summed E-state index contributed by atoms with van der Waals surface area (Å²) in [4.78, 5) is 10.9. The molecule has 2 aliphatic rings. The molecule has 1 aliphatic heterocycles. The number of para-hydroxylation sites is 1. The molecule has 2 fully saturated rings. The zero-order chi connectivity index (χ0) is 18.7. The summed E-state index contributed by atoms with van der Waals surface area (Å²) >= 11 is 0. The van der Waals surface area contributed by atoms with Gasteiger partial charge in [-0.2, -0.15) is 0 Å². The first-order chi connectivity index (χ1) is 13.1. The Hall–Kier alpha value is -2.19. The van der Waals surface area contributed by atoms with Crippen LogP contribution in [0.2, 0.25) is 0 Å². The molecule has 0 radical (unpaired) electrons. The van der Waals surface area contributed by atoms with E-state index in [1.54, 1.807) is 6.33 Å². The molecular weight excluding hydrogens is 362 g/mol. The maximum Gasteiger partial charge on any atom is 0.214 e. The van der Waals surface area contributed by atoms with E-state index in [-0.39, 0.29) is 5.25 Å². The van der Waals surface area contributed by atoms with Crippen molar-refractivity contribution in [3.63, 3.8) is 0 Å². The number of nitrogens with zero attached hydrogens (tertiary/aromatic N) is 3. The van der Waals surface area contributed by atoms with E-state index in [0.717, 1.165) is 56.1 Å². The second-order valence-electron chi connectivity index (χ2n) is 7.30. The van der Waals surface area contributed by atoms with E-state index in [9.17, 15) is 8.42 Å². The highest BCUT2D eigenvalue weighted by atomic mass is 32.2. The fourth-order valence-electron chi connectivity index (χ4n) is 3.43. The van der Waals surface area contributed by atoms with E-state index in [2.05, 4.69) is 24.9 Å². The number of anilines is 3. The van der Waals surface area contributed by atoms with Crippen molar-refractivity contribution in [2.45, 2.75) is 30.9 Å². The summed E-state index contributed by atoms with van der Waals surface area (Å²) in [5.74, 6) is 1.92. The van der Waals surface area contributed by atoms with Gasteiger partial charge in [-0.25, -0.2) is 23.1 Å². The maximum atomic E-state index is 12.1. The highest BCUT2D eigenvalue weighted by Gasteiger charge is 2.36. The van der Waals surface area contributed by atoms with Crippen molar-refractivity contribution >= 4 is 27.3 Å². The lowest BCUT2D eigenvalue weighted by Gasteiger charge is -2.33. The summed E-state index contributed by atoms with van der Waals surface area (Å²) in [6.07, 6.45) is 5.22. The fourth-order valence-corrected chi connectivity index (χ4v) is 4.89. The highest BCUT2D eigenvalue weighted by Crippen LogP contribution is 2.28. The van der Waals surface area contributed by atoms with Gasteiger partial charge in [0, 0.05) is 31.4 Å². The lowest BCUT2D eigenvalue weighted by atomic mass is 9.98. The molecule has 0 bridgehead atoms. The van der Waals surface area contributed by atoms with Crippen LogP contribution in [0.25, 0.3) is 0 Å². The Labute approximate surface area is 160 Å². The molecule has 2 heterocycles. The minimum atomic E-state index is -3.11. The van der Waals surface area contributed by atoms with E-state index >= 15 is 0 Å². The molecular formula is C19H25N5O2S. The molecule has 1 unspecified atom stereocenters. The van der Waals surface area contributed by atoms with Crippen LogP contribution in [0.5, 0.6) is 0 Å². The van der Waals surface area contributed by atoms with Gasteiger partial charge in [0.1, 0.15) is 18.0 Å². The molecule has 0 spiro atoms. The molecule has 144 valence electrons. The quantitative estimate of drug-likeness (QED) is 0.759.